The first kappa shape index (κ1) is 18.5. The van der Waals surface area contributed by atoms with Crippen LogP contribution in [0.5, 0.6) is 0 Å². The van der Waals surface area contributed by atoms with Crippen molar-refractivity contribution in [1.29, 1.82) is 0 Å². The van der Waals surface area contributed by atoms with E-state index in [0.717, 1.165) is 43.1 Å². The van der Waals surface area contributed by atoms with Crippen molar-refractivity contribution in [3.8, 4) is 11.3 Å². The van der Waals surface area contributed by atoms with Gasteiger partial charge >= 0.3 is 0 Å². The average molecular weight is 387 g/mol. The molecule has 2 unspecified atom stereocenters. The normalized spacial score (nSPS) is 24.0. The van der Waals surface area contributed by atoms with Gasteiger partial charge in [-0.05, 0) is 38.4 Å². The predicted octanol–water partition coefficient (Wildman–Crippen LogP) is 3.75. The third-order valence-corrected chi connectivity index (χ3v) is 6.40. The lowest BCUT2D eigenvalue weighted by Crippen LogP contribution is -2.37. The fourth-order valence-electron chi connectivity index (χ4n) is 4.51. The number of carbonyl (C=O) groups is 1. The number of piperidine rings is 1. The van der Waals surface area contributed by atoms with Crippen LogP contribution in [0, 0.1) is 5.92 Å². The van der Waals surface area contributed by atoms with Crippen LogP contribution in [0.4, 0.5) is 0 Å². The number of hydrogen-bond donors (Lipinski definition) is 0. The summed E-state index contributed by atoms with van der Waals surface area (Å²) in [6, 6.07) is 7.83. The van der Waals surface area contributed by atoms with Gasteiger partial charge in [0, 0.05) is 31.2 Å². The summed E-state index contributed by atoms with van der Waals surface area (Å²) in [6.45, 7) is 3.12. The molecule has 0 aliphatic carbocycles. The highest BCUT2D eigenvalue weighted by Gasteiger charge is 2.40. The molecule has 0 spiro atoms. The molecule has 1 aromatic carbocycles. The zero-order chi connectivity index (χ0) is 19.0. The molecule has 2 aliphatic rings. The number of carbonyl (C=O) groups excluding carboxylic acids is 1. The number of imidazole rings is 1. The maximum absolute atomic E-state index is 12.8. The minimum atomic E-state index is 0.0218. The van der Waals surface area contributed by atoms with E-state index in [-0.39, 0.29) is 17.9 Å². The Morgan fingerprint density at radius 2 is 1.89 bits per heavy atom. The first-order valence-electron chi connectivity index (χ1n) is 9.82. The van der Waals surface area contributed by atoms with Crippen LogP contribution in [0.3, 0.4) is 0 Å². The fourth-order valence-corrected chi connectivity index (χ4v) is 4.74. The molecule has 6 heteroatoms. The van der Waals surface area contributed by atoms with Crippen molar-refractivity contribution in [2.45, 2.75) is 31.7 Å². The third kappa shape index (κ3) is 3.50. The number of amides is 1. The van der Waals surface area contributed by atoms with Crippen molar-refractivity contribution in [2.75, 3.05) is 26.7 Å². The van der Waals surface area contributed by atoms with E-state index in [1.54, 1.807) is 0 Å². The zero-order valence-electron chi connectivity index (χ0n) is 16.1. The van der Waals surface area contributed by atoms with E-state index in [0.29, 0.717) is 5.02 Å². The molecule has 0 radical (unpaired) electrons. The maximum Gasteiger partial charge on any atom is 0.227 e. The molecule has 3 heterocycles. The standard InChI is InChI=1S/C21H27ClN4O/c1-24-19(16-8-4-5-9-17(16)22)13-23-20(24)18-12-15(21(27)25(18)2)14-26-10-6-3-7-11-26/h4-5,8-9,13,15,18H,3,6-7,10-12,14H2,1-2H3. The van der Waals surface area contributed by atoms with Gasteiger partial charge in [-0.2, -0.15) is 0 Å². The molecule has 1 amide bonds. The van der Waals surface area contributed by atoms with Crippen molar-refractivity contribution in [3.05, 3.63) is 41.3 Å². The van der Waals surface area contributed by atoms with Crippen LogP contribution in [0.2, 0.25) is 5.02 Å². The van der Waals surface area contributed by atoms with E-state index in [1.807, 2.05) is 49.5 Å². The van der Waals surface area contributed by atoms with Gasteiger partial charge in [0.1, 0.15) is 5.82 Å². The second-order valence-electron chi connectivity index (χ2n) is 7.80. The summed E-state index contributed by atoms with van der Waals surface area (Å²) in [5.74, 6) is 1.24. The number of nitrogens with zero attached hydrogens (tertiary/aromatic N) is 4. The van der Waals surface area contributed by atoms with E-state index >= 15 is 0 Å². The van der Waals surface area contributed by atoms with Gasteiger partial charge < -0.3 is 14.4 Å². The average Bonchev–Trinajstić information content (AvgIpc) is 3.18. The van der Waals surface area contributed by atoms with Gasteiger partial charge in [0.05, 0.1) is 23.9 Å². The number of rotatable bonds is 4. The van der Waals surface area contributed by atoms with Crippen molar-refractivity contribution >= 4 is 17.5 Å². The van der Waals surface area contributed by atoms with Crippen LogP contribution >= 0.6 is 11.6 Å². The van der Waals surface area contributed by atoms with Crippen molar-refractivity contribution < 1.29 is 4.79 Å². The number of likely N-dealkylation sites (tertiary alicyclic amines) is 2. The number of halogens is 1. The summed E-state index contributed by atoms with van der Waals surface area (Å²) >= 11 is 6.37. The van der Waals surface area contributed by atoms with Crippen LogP contribution in [0.1, 0.15) is 37.5 Å². The molecule has 2 atom stereocenters. The highest BCUT2D eigenvalue weighted by atomic mass is 35.5. The molecule has 0 saturated carbocycles. The van der Waals surface area contributed by atoms with Crippen LogP contribution in [0.15, 0.2) is 30.5 Å². The smallest absolute Gasteiger partial charge is 0.227 e. The Hall–Kier alpha value is -1.85. The lowest BCUT2D eigenvalue weighted by molar-refractivity contribution is -0.131. The molecule has 2 aromatic rings. The zero-order valence-corrected chi connectivity index (χ0v) is 16.8. The van der Waals surface area contributed by atoms with Gasteiger partial charge in [0.15, 0.2) is 0 Å². The monoisotopic (exact) mass is 386 g/mol. The molecule has 0 bridgehead atoms. The molecule has 1 aromatic heterocycles. The Bertz CT molecular complexity index is 827. The summed E-state index contributed by atoms with van der Waals surface area (Å²) in [7, 11) is 3.92. The Kier molecular flexibility index (Phi) is 5.24. The number of benzene rings is 1. The molecule has 2 fully saturated rings. The molecule has 2 aliphatic heterocycles. The highest BCUT2D eigenvalue weighted by Crippen LogP contribution is 2.37. The molecule has 144 valence electrons. The van der Waals surface area contributed by atoms with Gasteiger partial charge in [-0.1, -0.05) is 36.2 Å². The van der Waals surface area contributed by atoms with Crippen LogP contribution < -0.4 is 0 Å². The second kappa shape index (κ2) is 7.64. The first-order valence-corrected chi connectivity index (χ1v) is 10.2. The lowest BCUT2D eigenvalue weighted by Gasteiger charge is -2.28. The molecule has 27 heavy (non-hydrogen) atoms. The van der Waals surface area contributed by atoms with Gasteiger partial charge in [-0.15, -0.1) is 0 Å². The quantitative estimate of drug-likeness (QED) is 0.803. The Morgan fingerprint density at radius 3 is 2.63 bits per heavy atom. The van der Waals surface area contributed by atoms with Gasteiger partial charge in [-0.25, -0.2) is 4.98 Å². The summed E-state index contributed by atoms with van der Waals surface area (Å²) in [6.07, 6.45) is 6.52. The minimum absolute atomic E-state index is 0.0218. The van der Waals surface area contributed by atoms with Crippen molar-refractivity contribution in [2.24, 2.45) is 13.0 Å². The Morgan fingerprint density at radius 1 is 1.15 bits per heavy atom. The van der Waals surface area contributed by atoms with E-state index < -0.39 is 0 Å². The van der Waals surface area contributed by atoms with Crippen molar-refractivity contribution in [1.82, 2.24) is 19.4 Å². The highest BCUT2D eigenvalue weighted by molar-refractivity contribution is 6.33. The molecule has 0 N–H and O–H groups in total. The largest absolute Gasteiger partial charge is 0.335 e. The molecular formula is C21H27ClN4O. The topological polar surface area (TPSA) is 41.4 Å². The van der Waals surface area contributed by atoms with E-state index in [1.165, 1.54) is 19.3 Å². The SMILES string of the molecule is CN1C(=O)C(CN2CCCCC2)CC1c1ncc(-c2ccccc2Cl)n1C. The molecular weight excluding hydrogens is 360 g/mol. The Balaban J connectivity index is 1.55. The maximum atomic E-state index is 12.8. The van der Waals surface area contributed by atoms with E-state index in [9.17, 15) is 4.79 Å². The van der Waals surface area contributed by atoms with E-state index in [2.05, 4.69) is 14.5 Å². The predicted molar refractivity (Wildman–Crippen MR) is 108 cm³/mol. The van der Waals surface area contributed by atoms with Crippen molar-refractivity contribution in [3.63, 3.8) is 0 Å². The molecule has 2 saturated heterocycles. The third-order valence-electron chi connectivity index (χ3n) is 6.07. The number of hydrogen-bond acceptors (Lipinski definition) is 3. The minimum Gasteiger partial charge on any atom is -0.335 e. The number of aromatic nitrogens is 2. The second-order valence-corrected chi connectivity index (χ2v) is 8.21. The summed E-state index contributed by atoms with van der Waals surface area (Å²) in [5, 5.41) is 0.714. The van der Waals surface area contributed by atoms with Crippen LogP contribution in [0.25, 0.3) is 11.3 Å². The lowest BCUT2D eigenvalue weighted by atomic mass is 10.0. The molecule has 5 nitrogen and oxygen atoms in total. The summed E-state index contributed by atoms with van der Waals surface area (Å²) in [5.41, 5.74) is 1.95. The van der Waals surface area contributed by atoms with Gasteiger partial charge in [0.2, 0.25) is 5.91 Å². The first-order chi connectivity index (χ1) is 13.1. The summed E-state index contributed by atoms with van der Waals surface area (Å²) in [4.78, 5) is 21.9. The van der Waals surface area contributed by atoms with E-state index in [4.69, 9.17) is 11.6 Å². The van der Waals surface area contributed by atoms with Gasteiger partial charge in [0.25, 0.3) is 0 Å². The van der Waals surface area contributed by atoms with Gasteiger partial charge in [-0.3, -0.25) is 4.79 Å². The fraction of sp³-hybridized carbons (Fsp3) is 0.524. The summed E-state index contributed by atoms with van der Waals surface area (Å²) < 4.78 is 2.08. The Labute approximate surface area is 165 Å². The van der Waals surface area contributed by atoms with Crippen LogP contribution in [-0.4, -0.2) is 51.9 Å². The van der Waals surface area contributed by atoms with Crippen LogP contribution in [-0.2, 0) is 11.8 Å². The molecule has 4 rings (SSSR count).